The zero-order valence-corrected chi connectivity index (χ0v) is 22.1. The molecule has 1 N–H and O–H groups in total. The van der Waals surface area contributed by atoms with Crippen molar-refractivity contribution in [1.82, 2.24) is 4.90 Å². The Morgan fingerprint density at radius 1 is 1.06 bits per heavy atom. The molecule has 1 unspecified atom stereocenters. The Bertz CT molecular complexity index is 1250. The van der Waals surface area contributed by atoms with Crippen LogP contribution in [0, 0.1) is 0 Å². The number of fused-ring (bicyclic) bond motifs is 1. The number of likely N-dealkylation sites (tertiary alicyclic amines) is 1. The van der Waals surface area contributed by atoms with E-state index >= 15 is 0 Å². The lowest BCUT2D eigenvalue weighted by molar-refractivity contribution is 0.198. The maximum atomic E-state index is 12.5. The van der Waals surface area contributed by atoms with Crippen molar-refractivity contribution >= 4 is 40.5 Å². The van der Waals surface area contributed by atoms with Gasteiger partial charge in [0.05, 0.1) is 6.67 Å². The third-order valence-electron chi connectivity index (χ3n) is 6.68. The fourth-order valence-electron chi connectivity index (χ4n) is 4.88. The number of thioether (sulfide) groups is 1. The van der Waals surface area contributed by atoms with Crippen LogP contribution in [-0.4, -0.2) is 42.4 Å². The highest BCUT2D eigenvalue weighted by Gasteiger charge is 2.25. The molecule has 0 aromatic heterocycles. The number of ether oxygens (including phenoxy) is 1. The van der Waals surface area contributed by atoms with Gasteiger partial charge < -0.3 is 9.84 Å². The van der Waals surface area contributed by atoms with Crippen LogP contribution in [0.2, 0.25) is 10.0 Å². The van der Waals surface area contributed by atoms with Crippen molar-refractivity contribution in [3.05, 3.63) is 93.5 Å². The predicted octanol–water partition coefficient (Wildman–Crippen LogP) is 8.18. The monoisotopic (exact) mass is 543 g/mol. The third kappa shape index (κ3) is 5.86. The highest BCUT2D eigenvalue weighted by atomic mass is 35.5. The predicted molar refractivity (Wildman–Crippen MR) is 147 cm³/mol. The Hall–Kier alpha value is -2.18. The van der Waals surface area contributed by atoms with Gasteiger partial charge in [-0.2, -0.15) is 0 Å². The molecule has 36 heavy (non-hydrogen) atoms. The molecule has 3 aromatic carbocycles. The lowest BCUT2D eigenvalue weighted by Crippen LogP contribution is -2.26. The molecule has 1 saturated heterocycles. The Kier molecular flexibility index (Phi) is 8.12. The molecule has 0 amide bonds. The van der Waals surface area contributed by atoms with Crippen molar-refractivity contribution in [1.29, 1.82) is 0 Å². The van der Waals surface area contributed by atoms with E-state index in [1.807, 2.05) is 36.4 Å². The molecule has 3 aromatic rings. The lowest BCUT2D eigenvalue weighted by atomic mass is 9.95. The van der Waals surface area contributed by atoms with Crippen molar-refractivity contribution in [2.75, 3.05) is 26.3 Å². The molecule has 2 atom stereocenters. The lowest BCUT2D eigenvalue weighted by Gasteiger charge is -2.17. The summed E-state index contributed by atoms with van der Waals surface area (Å²) in [6, 6.07) is 19.4. The van der Waals surface area contributed by atoms with E-state index in [2.05, 4.69) is 23.1 Å². The number of aromatic hydroxyl groups is 1. The third-order valence-corrected chi connectivity index (χ3v) is 8.56. The van der Waals surface area contributed by atoms with Gasteiger partial charge >= 0.3 is 0 Å². The fourth-order valence-corrected chi connectivity index (χ4v) is 6.81. The number of hydrogen-bond donors (Lipinski definition) is 1. The Labute approximate surface area is 225 Å². The zero-order chi connectivity index (χ0) is 25.1. The normalized spacial score (nSPS) is 20.0. The van der Waals surface area contributed by atoms with Crippen molar-refractivity contribution in [2.24, 2.45) is 0 Å². The van der Waals surface area contributed by atoms with E-state index in [4.69, 9.17) is 27.9 Å². The summed E-state index contributed by atoms with van der Waals surface area (Å²) in [4.78, 5) is 3.27. The van der Waals surface area contributed by atoms with Gasteiger partial charge in [-0.15, -0.1) is 11.8 Å². The van der Waals surface area contributed by atoms with Gasteiger partial charge in [-0.25, -0.2) is 0 Å². The Morgan fingerprint density at radius 2 is 1.89 bits per heavy atom. The van der Waals surface area contributed by atoms with Crippen LogP contribution in [0.5, 0.6) is 11.5 Å². The van der Waals surface area contributed by atoms with Crippen molar-refractivity contribution in [2.45, 2.75) is 35.5 Å². The molecular formula is C29H28Cl2FNO2S. The molecule has 5 rings (SSSR count). The van der Waals surface area contributed by atoms with E-state index in [0.717, 1.165) is 65.4 Å². The van der Waals surface area contributed by atoms with Gasteiger partial charge in [0.15, 0.2) is 0 Å². The molecule has 0 bridgehead atoms. The van der Waals surface area contributed by atoms with Gasteiger partial charge in [0, 0.05) is 39.8 Å². The quantitative estimate of drug-likeness (QED) is 0.325. The summed E-state index contributed by atoms with van der Waals surface area (Å²) in [5.41, 5.74) is 4.32. The number of alkyl halides is 1. The molecule has 0 saturated carbocycles. The van der Waals surface area contributed by atoms with E-state index in [9.17, 15) is 9.50 Å². The second-order valence-corrected chi connectivity index (χ2v) is 11.3. The Balaban J connectivity index is 1.37. The molecule has 7 heteroatoms. The van der Waals surface area contributed by atoms with Gasteiger partial charge in [-0.05, 0) is 84.0 Å². The number of benzene rings is 3. The fraction of sp³-hybridized carbons (Fsp3) is 0.310. The van der Waals surface area contributed by atoms with Crippen LogP contribution in [0.4, 0.5) is 4.39 Å². The largest absolute Gasteiger partial charge is 0.508 e. The van der Waals surface area contributed by atoms with Gasteiger partial charge in [0.2, 0.25) is 0 Å². The second-order valence-electron chi connectivity index (χ2n) is 9.20. The van der Waals surface area contributed by atoms with Gasteiger partial charge in [0.25, 0.3) is 0 Å². The Morgan fingerprint density at radius 3 is 2.67 bits per heavy atom. The number of phenols is 1. The molecule has 0 aliphatic carbocycles. The zero-order valence-electron chi connectivity index (χ0n) is 19.8. The van der Waals surface area contributed by atoms with Crippen LogP contribution >= 0.6 is 35.0 Å². The highest BCUT2D eigenvalue weighted by Crippen LogP contribution is 2.48. The van der Waals surface area contributed by atoms with E-state index in [0.29, 0.717) is 16.5 Å². The molecule has 188 valence electrons. The van der Waals surface area contributed by atoms with Crippen LogP contribution in [0.3, 0.4) is 0 Å². The summed E-state index contributed by atoms with van der Waals surface area (Å²) in [7, 11) is 0. The van der Waals surface area contributed by atoms with Crippen molar-refractivity contribution in [3.63, 3.8) is 0 Å². The van der Waals surface area contributed by atoms with Gasteiger partial charge in [-0.3, -0.25) is 9.29 Å². The number of halogens is 3. The first-order valence-electron chi connectivity index (χ1n) is 12.2. The van der Waals surface area contributed by atoms with Crippen LogP contribution in [0.1, 0.15) is 41.2 Å². The van der Waals surface area contributed by atoms with Gasteiger partial charge in [-0.1, -0.05) is 47.5 Å². The van der Waals surface area contributed by atoms with E-state index in [1.54, 1.807) is 23.9 Å². The summed E-state index contributed by atoms with van der Waals surface area (Å²) < 4.78 is 18.7. The molecular weight excluding hydrogens is 516 g/mol. The second kappa shape index (κ2) is 11.5. The van der Waals surface area contributed by atoms with Crippen LogP contribution in [0.25, 0.3) is 5.57 Å². The maximum absolute atomic E-state index is 12.5. The molecule has 3 nitrogen and oxygen atoms in total. The molecule has 0 radical (unpaired) electrons. The minimum atomic E-state index is -0.270. The van der Waals surface area contributed by atoms with Crippen LogP contribution < -0.4 is 4.74 Å². The standard InChI is InChI=1S/C29H28Cl2FNO2S/c30-20-4-8-26(27(31)16-20)28-11-10-24(25-9-5-21(34)17-29(25)36-28)19-2-6-22(7-3-19)35-23-12-15-33(18-23)14-1-13-32/h2-10,16-17,23,28,34H,1,11-15,18H2/t23-,28?/m0/s1. The molecule has 0 spiro atoms. The highest BCUT2D eigenvalue weighted by molar-refractivity contribution is 7.99. The molecule has 2 aliphatic heterocycles. The van der Waals surface area contributed by atoms with E-state index in [-0.39, 0.29) is 23.8 Å². The topological polar surface area (TPSA) is 32.7 Å². The summed E-state index contributed by atoms with van der Waals surface area (Å²) in [5, 5.41) is 11.6. The summed E-state index contributed by atoms with van der Waals surface area (Å²) in [6.07, 6.45) is 4.71. The van der Waals surface area contributed by atoms with Crippen molar-refractivity contribution in [3.8, 4) is 11.5 Å². The first-order valence-corrected chi connectivity index (χ1v) is 13.8. The minimum absolute atomic E-state index is 0.0955. The molecule has 2 aliphatic rings. The number of allylic oxidation sites excluding steroid dienone is 1. The van der Waals surface area contributed by atoms with E-state index in [1.165, 1.54) is 0 Å². The average molecular weight is 545 g/mol. The smallest absolute Gasteiger partial charge is 0.119 e. The number of phenolic OH excluding ortho intramolecular Hbond substituents is 1. The van der Waals surface area contributed by atoms with Crippen LogP contribution in [0.15, 0.2) is 71.6 Å². The SMILES string of the molecule is Oc1ccc2c(c1)SC(c1ccc(Cl)cc1Cl)CC=C2c1ccc(O[C@H]2CCN(CCCF)C2)cc1. The average Bonchev–Trinajstić information content (AvgIpc) is 3.22. The molecule has 2 heterocycles. The van der Waals surface area contributed by atoms with Gasteiger partial charge in [0.1, 0.15) is 17.6 Å². The van der Waals surface area contributed by atoms with E-state index < -0.39 is 0 Å². The first kappa shape index (κ1) is 25.5. The summed E-state index contributed by atoms with van der Waals surface area (Å²) >= 11 is 14.4. The number of rotatable bonds is 7. The first-order chi connectivity index (χ1) is 17.5. The van der Waals surface area contributed by atoms with Crippen LogP contribution in [-0.2, 0) is 0 Å². The number of hydrogen-bond acceptors (Lipinski definition) is 4. The minimum Gasteiger partial charge on any atom is -0.508 e. The maximum Gasteiger partial charge on any atom is 0.119 e. The summed E-state index contributed by atoms with van der Waals surface area (Å²) in [6.45, 7) is 2.32. The van der Waals surface area contributed by atoms with Crippen molar-refractivity contribution < 1.29 is 14.2 Å². The number of nitrogens with zero attached hydrogens (tertiary/aromatic N) is 1. The molecule has 1 fully saturated rings. The summed E-state index contributed by atoms with van der Waals surface area (Å²) in [5.74, 6) is 1.08.